The van der Waals surface area contributed by atoms with Gasteiger partial charge in [0.1, 0.15) is 0 Å². The van der Waals surface area contributed by atoms with E-state index in [0.717, 1.165) is 5.56 Å². The Morgan fingerprint density at radius 2 is 2.23 bits per heavy atom. The maximum atomic E-state index is 12.4. The van der Waals surface area contributed by atoms with Crippen LogP contribution in [0.2, 0.25) is 5.02 Å². The number of amides is 2. The van der Waals surface area contributed by atoms with Gasteiger partial charge in [0.05, 0.1) is 18.1 Å². The molecule has 2 amide bonds. The molecule has 0 saturated carbocycles. The van der Waals surface area contributed by atoms with Gasteiger partial charge in [-0.25, -0.2) is 13.2 Å². The molecule has 1 heterocycles. The number of hydrogen-bond acceptors (Lipinski definition) is 4. The van der Waals surface area contributed by atoms with Crippen LogP contribution in [0.25, 0.3) is 0 Å². The number of nitrogens with zero attached hydrogens (tertiary/aromatic N) is 1. The molecular formula is C14H19ClN2O4S. The summed E-state index contributed by atoms with van der Waals surface area (Å²) < 4.78 is 23.1. The van der Waals surface area contributed by atoms with Crippen molar-refractivity contribution in [3.05, 3.63) is 28.8 Å². The van der Waals surface area contributed by atoms with E-state index < -0.39 is 21.9 Å². The van der Waals surface area contributed by atoms with E-state index in [1.54, 1.807) is 18.2 Å². The van der Waals surface area contributed by atoms with E-state index >= 15 is 0 Å². The molecule has 1 atom stereocenters. The molecule has 122 valence electrons. The molecular weight excluding hydrogens is 328 g/mol. The van der Waals surface area contributed by atoms with Gasteiger partial charge in [-0.1, -0.05) is 17.7 Å². The standard InChI is InChI=1S/C14H19ClN2O4S/c1-10-2-3-11(8-13(10)15)16-14(19)17(5-6-18)12-4-7-22(20,21)9-12/h2-3,8,12,18H,4-7,9H2,1H3,(H,16,19). The third-order valence-electron chi connectivity index (χ3n) is 3.67. The fourth-order valence-corrected chi connectivity index (χ4v) is 4.36. The molecule has 22 heavy (non-hydrogen) atoms. The summed E-state index contributed by atoms with van der Waals surface area (Å²) in [5.74, 6) is 0.0122. The number of carbonyl (C=O) groups excluding carboxylic acids is 1. The Labute approximate surface area is 135 Å². The Kier molecular flexibility index (Phi) is 5.31. The molecule has 8 heteroatoms. The zero-order valence-electron chi connectivity index (χ0n) is 12.3. The predicted octanol–water partition coefficient (Wildman–Crippen LogP) is 1.66. The Hall–Kier alpha value is -1.31. The van der Waals surface area contributed by atoms with Gasteiger partial charge in [0, 0.05) is 23.3 Å². The molecule has 1 unspecified atom stereocenters. The minimum atomic E-state index is -3.10. The number of aliphatic hydroxyl groups is 1. The molecule has 1 saturated heterocycles. The van der Waals surface area contributed by atoms with Crippen LogP contribution in [-0.4, -0.2) is 55.2 Å². The normalized spacial score (nSPS) is 19.9. The average molecular weight is 347 g/mol. The van der Waals surface area contributed by atoms with E-state index in [1.165, 1.54) is 4.90 Å². The van der Waals surface area contributed by atoms with Crippen LogP contribution in [0.5, 0.6) is 0 Å². The van der Waals surface area contributed by atoms with E-state index in [-0.39, 0.29) is 24.7 Å². The highest BCUT2D eigenvalue weighted by atomic mass is 35.5. The van der Waals surface area contributed by atoms with Crippen LogP contribution in [-0.2, 0) is 9.84 Å². The highest BCUT2D eigenvalue weighted by molar-refractivity contribution is 7.91. The van der Waals surface area contributed by atoms with Crippen LogP contribution in [0, 0.1) is 6.92 Å². The van der Waals surface area contributed by atoms with Gasteiger partial charge in [-0.3, -0.25) is 0 Å². The van der Waals surface area contributed by atoms with Crippen molar-refractivity contribution in [3.8, 4) is 0 Å². The quantitative estimate of drug-likeness (QED) is 0.868. The number of carbonyl (C=O) groups is 1. The summed E-state index contributed by atoms with van der Waals surface area (Å²) in [6, 6.07) is 4.31. The highest BCUT2D eigenvalue weighted by Crippen LogP contribution is 2.22. The molecule has 1 aromatic carbocycles. The molecule has 1 aromatic rings. The van der Waals surface area contributed by atoms with Crippen molar-refractivity contribution in [2.45, 2.75) is 19.4 Å². The average Bonchev–Trinajstić information content (AvgIpc) is 2.80. The van der Waals surface area contributed by atoms with Crippen LogP contribution < -0.4 is 5.32 Å². The molecule has 1 fully saturated rings. The van der Waals surface area contributed by atoms with Gasteiger partial charge in [0.2, 0.25) is 0 Å². The number of benzene rings is 1. The lowest BCUT2D eigenvalue weighted by atomic mass is 10.2. The number of urea groups is 1. The van der Waals surface area contributed by atoms with Gasteiger partial charge < -0.3 is 15.3 Å². The minimum Gasteiger partial charge on any atom is -0.395 e. The largest absolute Gasteiger partial charge is 0.395 e. The first kappa shape index (κ1) is 17.1. The molecule has 0 spiro atoms. The molecule has 2 N–H and O–H groups in total. The number of anilines is 1. The maximum absolute atomic E-state index is 12.4. The summed E-state index contributed by atoms with van der Waals surface area (Å²) in [4.78, 5) is 13.7. The molecule has 6 nitrogen and oxygen atoms in total. The number of sulfone groups is 1. The van der Waals surface area contributed by atoms with Crippen molar-refractivity contribution in [2.24, 2.45) is 0 Å². The summed E-state index contributed by atoms with van der Waals surface area (Å²) in [5.41, 5.74) is 1.43. The predicted molar refractivity (Wildman–Crippen MR) is 86.1 cm³/mol. The minimum absolute atomic E-state index is 0.0604. The van der Waals surface area contributed by atoms with E-state index in [2.05, 4.69) is 5.32 Å². The summed E-state index contributed by atoms with van der Waals surface area (Å²) in [5, 5.41) is 12.4. The molecule has 0 aromatic heterocycles. The first-order chi connectivity index (χ1) is 10.3. The summed E-state index contributed by atoms with van der Waals surface area (Å²) in [7, 11) is -3.10. The van der Waals surface area contributed by atoms with Crippen molar-refractivity contribution in [1.29, 1.82) is 0 Å². The van der Waals surface area contributed by atoms with Gasteiger partial charge in [-0.2, -0.15) is 0 Å². The van der Waals surface area contributed by atoms with Crippen molar-refractivity contribution < 1.29 is 18.3 Å². The van der Waals surface area contributed by atoms with Crippen LogP contribution in [0.3, 0.4) is 0 Å². The van der Waals surface area contributed by atoms with Crippen molar-refractivity contribution in [2.75, 3.05) is 30.0 Å². The van der Waals surface area contributed by atoms with Crippen LogP contribution in [0.4, 0.5) is 10.5 Å². The zero-order valence-corrected chi connectivity index (χ0v) is 13.8. The van der Waals surface area contributed by atoms with Crippen molar-refractivity contribution in [3.63, 3.8) is 0 Å². The van der Waals surface area contributed by atoms with Crippen LogP contribution in [0.1, 0.15) is 12.0 Å². The molecule has 2 rings (SSSR count). The highest BCUT2D eigenvalue weighted by Gasteiger charge is 2.34. The monoisotopic (exact) mass is 346 g/mol. The van der Waals surface area contributed by atoms with Gasteiger partial charge in [0.15, 0.2) is 9.84 Å². The van der Waals surface area contributed by atoms with Crippen LogP contribution >= 0.6 is 11.6 Å². The Balaban J connectivity index is 2.11. The Morgan fingerprint density at radius 3 is 2.77 bits per heavy atom. The van der Waals surface area contributed by atoms with Crippen LogP contribution in [0.15, 0.2) is 18.2 Å². The van der Waals surface area contributed by atoms with Gasteiger partial charge in [-0.05, 0) is 31.0 Å². The number of rotatable bonds is 4. The number of aryl methyl sites for hydroxylation is 1. The lowest BCUT2D eigenvalue weighted by Gasteiger charge is -2.27. The molecule has 1 aliphatic rings. The van der Waals surface area contributed by atoms with Crippen molar-refractivity contribution in [1.82, 2.24) is 4.90 Å². The number of hydrogen-bond donors (Lipinski definition) is 2. The Bertz CT molecular complexity index is 663. The third kappa shape index (κ3) is 4.12. The fourth-order valence-electron chi connectivity index (χ4n) is 2.44. The van der Waals surface area contributed by atoms with Gasteiger partial charge >= 0.3 is 6.03 Å². The van der Waals surface area contributed by atoms with E-state index in [9.17, 15) is 13.2 Å². The van der Waals surface area contributed by atoms with E-state index in [1.807, 2.05) is 6.92 Å². The molecule has 0 bridgehead atoms. The van der Waals surface area contributed by atoms with Crippen molar-refractivity contribution >= 4 is 33.2 Å². The van der Waals surface area contributed by atoms with E-state index in [0.29, 0.717) is 17.1 Å². The fraction of sp³-hybridized carbons (Fsp3) is 0.500. The lowest BCUT2D eigenvalue weighted by molar-refractivity contribution is 0.169. The molecule has 0 aliphatic carbocycles. The first-order valence-corrected chi connectivity index (χ1v) is 9.17. The zero-order chi connectivity index (χ0) is 16.3. The van der Waals surface area contributed by atoms with Gasteiger partial charge in [-0.15, -0.1) is 0 Å². The second-order valence-corrected chi connectivity index (χ2v) is 8.00. The Morgan fingerprint density at radius 1 is 1.50 bits per heavy atom. The second kappa shape index (κ2) is 6.85. The summed E-state index contributed by atoms with van der Waals surface area (Å²) >= 11 is 6.02. The molecule has 1 aliphatic heterocycles. The second-order valence-electron chi connectivity index (χ2n) is 5.37. The smallest absolute Gasteiger partial charge is 0.322 e. The summed E-state index contributed by atoms with van der Waals surface area (Å²) in [6.45, 7) is 1.72. The lowest BCUT2D eigenvalue weighted by Crippen LogP contribution is -2.45. The molecule has 0 radical (unpaired) electrons. The summed E-state index contributed by atoms with van der Waals surface area (Å²) in [6.07, 6.45) is 0.393. The first-order valence-electron chi connectivity index (χ1n) is 6.97. The topological polar surface area (TPSA) is 86.7 Å². The number of halogens is 1. The third-order valence-corrected chi connectivity index (χ3v) is 5.83. The SMILES string of the molecule is Cc1ccc(NC(=O)N(CCO)C2CCS(=O)(=O)C2)cc1Cl. The maximum Gasteiger partial charge on any atom is 0.322 e. The number of nitrogens with one attached hydrogen (secondary N) is 1. The van der Waals surface area contributed by atoms with E-state index in [4.69, 9.17) is 16.7 Å². The van der Waals surface area contributed by atoms with Gasteiger partial charge in [0.25, 0.3) is 0 Å². The number of aliphatic hydroxyl groups excluding tert-OH is 1.